The molecule has 6 atom stereocenters. The van der Waals surface area contributed by atoms with E-state index < -0.39 is 59.4 Å². The van der Waals surface area contributed by atoms with Crippen LogP contribution >= 0.6 is 0 Å². The van der Waals surface area contributed by atoms with Gasteiger partial charge in [-0.3, -0.25) is 19.3 Å². The Hall–Kier alpha value is -6.04. The Morgan fingerprint density at radius 1 is 0.857 bits per heavy atom. The van der Waals surface area contributed by atoms with Gasteiger partial charge in [0.1, 0.15) is 36.5 Å². The van der Waals surface area contributed by atoms with Gasteiger partial charge in [0, 0.05) is 24.7 Å². The van der Waals surface area contributed by atoms with Crippen LogP contribution in [0.5, 0.6) is 5.75 Å². The molecule has 4 N–H and O–H groups in total. The molecule has 288 valence electrons. The maximum absolute atomic E-state index is 15.8. The Morgan fingerprint density at radius 2 is 1.55 bits per heavy atom. The van der Waals surface area contributed by atoms with Crippen molar-refractivity contribution in [1.29, 1.82) is 0 Å². The van der Waals surface area contributed by atoms with Gasteiger partial charge in [-0.25, -0.2) is 9.69 Å². The van der Waals surface area contributed by atoms with Crippen LogP contribution in [-0.2, 0) is 34.0 Å². The third kappa shape index (κ3) is 6.46. The number of hydrogen-bond acceptors (Lipinski definition) is 11. The molecule has 3 amide bonds. The highest BCUT2D eigenvalue weighted by Crippen LogP contribution is 2.66. The van der Waals surface area contributed by atoms with Crippen LogP contribution in [-0.4, -0.2) is 85.2 Å². The second-order valence-electron chi connectivity index (χ2n) is 13.5. The van der Waals surface area contributed by atoms with Crippen molar-refractivity contribution in [2.45, 2.75) is 36.1 Å². The zero-order valence-electron chi connectivity index (χ0n) is 30.6. The van der Waals surface area contributed by atoms with E-state index >= 15 is 4.79 Å². The standard InChI is InChI=1S/C43H41N3O10/c1-53-24-25-55-42(52)45-32-20-19-27(12-10-11-21-47)26-31(32)43(41(45)51)34(39(44)49)36-40(50)56-37(29-15-6-3-7-16-29)35(28-13-4-2-5-14-28)46(36)38(43)30-17-8-9-18-33(30)54-23-22-48/h2-9,13-20,26,34-38,47-48H,11,21-25H2,1H3,(H2,44,49)/t34-,35-,36-,37+,38+,43-/m1/s1. The van der Waals surface area contributed by atoms with E-state index in [9.17, 15) is 24.6 Å². The lowest BCUT2D eigenvalue weighted by atomic mass is 9.65. The first-order valence-corrected chi connectivity index (χ1v) is 18.2. The number of benzene rings is 4. The number of aliphatic hydroxyl groups is 2. The molecule has 3 heterocycles. The molecule has 0 unspecified atom stereocenters. The second kappa shape index (κ2) is 16.4. The third-order valence-electron chi connectivity index (χ3n) is 10.5. The molecule has 13 heteroatoms. The molecule has 0 aromatic heterocycles. The Labute approximate surface area is 323 Å². The number of imide groups is 1. The molecule has 2 saturated heterocycles. The molecular weight excluding hydrogens is 718 g/mol. The number of methoxy groups -OCH3 is 1. The highest BCUT2D eigenvalue weighted by Gasteiger charge is 2.75. The number of nitrogens with zero attached hydrogens (tertiary/aromatic N) is 2. The molecule has 4 aromatic rings. The lowest BCUT2D eigenvalue weighted by molar-refractivity contribution is -0.178. The Kier molecular flexibility index (Phi) is 11.2. The number of nitrogens with two attached hydrogens (primary N) is 1. The Morgan fingerprint density at radius 3 is 2.23 bits per heavy atom. The number of carbonyl (C=O) groups excluding carboxylic acids is 4. The van der Waals surface area contributed by atoms with Gasteiger partial charge in [-0.2, -0.15) is 0 Å². The van der Waals surface area contributed by atoms with Gasteiger partial charge in [-0.15, -0.1) is 0 Å². The van der Waals surface area contributed by atoms with Gasteiger partial charge in [0.15, 0.2) is 0 Å². The van der Waals surface area contributed by atoms with Gasteiger partial charge in [0.2, 0.25) is 11.8 Å². The van der Waals surface area contributed by atoms with Crippen LogP contribution in [0.2, 0.25) is 0 Å². The monoisotopic (exact) mass is 759 g/mol. The fraction of sp³-hybridized carbons (Fsp3) is 0.302. The number of anilines is 1. The van der Waals surface area contributed by atoms with Crippen LogP contribution in [0.4, 0.5) is 10.5 Å². The fourth-order valence-corrected chi connectivity index (χ4v) is 8.46. The fourth-order valence-electron chi connectivity index (χ4n) is 8.46. The van der Waals surface area contributed by atoms with E-state index in [1.165, 1.54) is 7.11 Å². The maximum Gasteiger partial charge on any atom is 0.421 e. The first kappa shape index (κ1) is 38.2. The molecule has 56 heavy (non-hydrogen) atoms. The number of primary amides is 1. The van der Waals surface area contributed by atoms with Crippen LogP contribution in [0.25, 0.3) is 0 Å². The van der Waals surface area contributed by atoms with E-state index in [4.69, 9.17) is 24.7 Å². The first-order chi connectivity index (χ1) is 27.3. The zero-order valence-corrected chi connectivity index (χ0v) is 30.6. The van der Waals surface area contributed by atoms with Crippen LogP contribution in [0.3, 0.4) is 0 Å². The second-order valence-corrected chi connectivity index (χ2v) is 13.5. The van der Waals surface area contributed by atoms with Crippen molar-refractivity contribution >= 4 is 29.6 Å². The predicted molar refractivity (Wildman–Crippen MR) is 202 cm³/mol. The van der Waals surface area contributed by atoms with E-state index in [0.717, 1.165) is 4.90 Å². The minimum absolute atomic E-state index is 0.0502. The summed E-state index contributed by atoms with van der Waals surface area (Å²) in [4.78, 5) is 61.6. The summed E-state index contributed by atoms with van der Waals surface area (Å²) in [5, 5.41) is 19.3. The summed E-state index contributed by atoms with van der Waals surface area (Å²) >= 11 is 0. The predicted octanol–water partition coefficient (Wildman–Crippen LogP) is 3.73. The summed E-state index contributed by atoms with van der Waals surface area (Å²) in [7, 11) is 1.44. The van der Waals surface area contributed by atoms with E-state index in [-0.39, 0.29) is 56.5 Å². The van der Waals surface area contributed by atoms with Gasteiger partial charge >= 0.3 is 12.1 Å². The minimum atomic E-state index is -2.09. The molecule has 4 aromatic carbocycles. The van der Waals surface area contributed by atoms with Crippen molar-refractivity contribution < 1.29 is 48.3 Å². The average Bonchev–Trinajstić information content (AvgIpc) is 3.67. The van der Waals surface area contributed by atoms with Crippen molar-refractivity contribution in [3.8, 4) is 17.6 Å². The molecule has 3 aliphatic rings. The normalized spacial score (nSPS) is 23.8. The number of morpholine rings is 1. The number of para-hydroxylation sites is 1. The number of carbonyl (C=O) groups is 4. The number of rotatable bonds is 11. The van der Waals surface area contributed by atoms with Crippen LogP contribution in [0.1, 0.15) is 52.4 Å². The van der Waals surface area contributed by atoms with Crippen molar-refractivity contribution in [1.82, 2.24) is 4.90 Å². The van der Waals surface area contributed by atoms with Crippen LogP contribution in [0.15, 0.2) is 103 Å². The van der Waals surface area contributed by atoms with E-state index in [0.29, 0.717) is 22.3 Å². The highest BCUT2D eigenvalue weighted by molar-refractivity contribution is 6.23. The highest BCUT2D eigenvalue weighted by atomic mass is 16.6. The van der Waals surface area contributed by atoms with Crippen molar-refractivity contribution in [3.05, 3.63) is 131 Å². The number of aliphatic hydroxyl groups excluding tert-OH is 2. The lowest BCUT2D eigenvalue weighted by Crippen LogP contribution is -2.55. The van der Waals surface area contributed by atoms with Crippen LogP contribution in [0, 0.1) is 17.8 Å². The SMILES string of the molecule is COCCOC(=O)N1C(=O)[C@@]2(c3cc(C#CCCO)ccc31)[C@H](c1ccccc1OCCO)N1[C@H](c3ccccc3)[C@H](c3ccccc3)OC(=O)[C@H]1[C@@H]2C(N)=O. The summed E-state index contributed by atoms with van der Waals surface area (Å²) in [6.07, 6.45) is -1.78. The number of cyclic esters (lactones) is 1. The van der Waals surface area contributed by atoms with Crippen LogP contribution < -0.4 is 15.4 Å². The smallest absolute Gasteiger partial charge is 0.421 e. The van der Waals surface area contributed by atoms with Gasteiger partial charge in [-0.1, -0.05) is 90.7 Å². The Balaban J connectivity index is 1.58. The van der Waals surface area contributed by atoms with Crippen molar-refractivity contribution in [3.63, 3.8) is 0 Å². The molecule has 3 aliphatic heterocycles. The molecule has 2 fully saturated rings. The third-order valence-corrected chi connectivity index (χ3v) is 10.5. The number of ether oxygens (including phenoxy) is 4. The molecular formula is C43H41N3O10. The van der Waals surface area contributed by atoms with E-state index in [1.807, 2.05) is 65.6 Å². The summed E-state index contributed by atoms with van der Waals surface area (Å²) in [6.45, 7) is -0.741. The summed E-state index contributed by atoms with van der Waals surface area (Å²) < 4.78 is 23.1. The van der Waals surface area contributed by atoms with E-state index in [2.05, 4.69) is 11.8 Å². The average molecular weight is 760 g/mol. The molecule has 0 radical (unpaired) electrons. The van der Waals surface area contributed by atoms with Gasteiger partial charge in [-0.05, 0) is 41.0 Å². The minimum Gasteiger partial charge on any atom is -0.491 e. The first-order valence-electron chi connectivity index (χ1n) is 18.2. The largest absolute Gasteiger partial charge is 0.491 e. The topological polar surface area (TPSA) is 178 Å². The molecule has 0 bridgehead atoms. The van der Waals surface area contributed by atoms with E-state index in [1.54, 1.807) is 42.5 Å². The van der Waals surface area contributed by atoms with Gasteiger partial charge in [0.05, 0.1) is 43.5 Å². The number of hydrogen-bond donors (Lipinski definition) is 3. The summed E-state index contributed by atoms with van der Waals surface area (Å²) in [5.74, 6) is 1.93. The lowest BCUT2D eigenvalue weighted by Gasteiger charge is -2.46. The summed E-state index contributed by atoms with van der Waals surface area (Å²) in [6, 6.07) is 26.6. The molecule has 1 spiro atoms. The number of fused-ring (bicyclic) bond motifs is 3. The quantitative estimate of drug-likeness (QED) is 0.115. The maximum atomic E-state index is 15.8. The summed E-state index contributed by atoms with van der Waals surface area (Å²) in [5.41, 5.74) is 6.80. The van der Waals surface area contributed by atoms with Gasteiger partial charge in [0.25, 0.3) is 0 Å². The molecule has 0 saturated carbocycles. The van der Waals surface area contributed by atoms with Gasteiger partial charge < -0.3 is 34.9 Å². The number of esters is 1. The molecule has 0 aliphatic carbocycles. The number of amides is 3. The van der Waals surface area contributed by atoms with Crippen molar-refractivity contribution in [2.75, 3.05) is 45.0 Å². The zero-order chi connectivity index (χ0) is 39.4. The van der Waals surface area contributed by atoms with Crippen molar-refractivity contribution in [2.24, 2.45) is 11.7 Å². The molecule has 13 nitrogen and oxygen atoms in total. The Bertz CT molecular complexity index is 2170. The molecule has 7 rings (SSSR count).